The van der Waals surface area contributed by atoms with E-state index >= 15 is 0 Å². The molecule has 1 saturated heterocycles. The van der Waals surface area contributed by atoms with Gasteiger partial charge in [-0.25, -0.2) is 18.7 Å². The van der Waals surface area contributed by atoms with Crippen molar-refractivity contribution in [2.45, 2.75) is 19.0 Å². The lowest BCUT2D eigenvalue weighted by molar-refractivity contribution is -0.144. The third kappa shape index (κ3) is 3.80. The maximum absolute atomic E-state index is 13.2. The molecule has 8 heteroatoms. The van der Waals surface area contributed by atoms with Gasteiger partial charge in [0.05, 0.1) is 0 Å². The normalized spacial score (nSPS) is 18.2. The Morgan fingerprint density at radius 3 is 2.50 bits per heavy atom. The second-order valence-electron chi connectivity index (χ2n) is 5.82. The third-order valence-corrected chi connectivity index (χ3v) is 3.95. The quantitative estimate of drug-likeness (QED) is 0.793. The summed E-state index contributed by atoms with van der Waals surface area (Å²) in [6.07, 6.45) is -2.33. The molecular formula is C16H14F5N3. The number of hydrogen-bond donors (Lipinski definition) is 0. The van der Waals surface area contributed by atoms with Crippen molar-refractivity contribution in [3.8, 4) is 0 Å². The first-order valence-electron chi connectivity index (χ1n) is 7.41. The molecule has 1 aromatic carbocycles. The van der Waals surface area contributed by atoms with Crippen LogP contribution in [0, 0.1) is 17.6 Å². The number of alkyl halides is 3. The molecule has 0 bridgehead atoms. The highest BCUT2D eigenvalue weighted by molar-refractivity contribution is 5.39. The van der Waals surface area contributed by atoms with Crippen molar-refractivity contribution in [1.29, 1.82) is 0 Å². The van der Waals surface area contributed by atoms with Gasteiger partial charge in [0.15, 0.2) is 0 Å². The molecule has 0 amide bonds. The lowest BCUT2D eigenvalue weighted by Gasteiger charge is -2.18. The van der Waals surface area contributed by atoms with E-state index in [-0.39, 0.29) is 11.7 Å². The van der Waals surface area contributed by atoms with Crippen LogP contribution in [0.15, 0.2) is 30.5 Å². The number of hydrogen-bond acceptors (Lipinski definition) is 3. The van der Waals surface area contributed by atoms with Crippen LogP contribution in [0.1, 0.15) is 17.8 Å². The highest BCUT2D eigenvalue weighted by Crippen LogP contribution is 2.29. The van der Waals surface area contributed by atoms with Gasteiger partial charge >= 0.3 is 6.18 Å². The zero-order valence-corrected chi connectivity index (χ0v) is 12.5. The van der Waals surface area contributed by atoms with Gasteiger partial charge in [-0.05, 0) is 42.5 Å². The lowest BCUT2D eigenvalue weighted by atomic mass is 9.98. The molecule has 128 valence electrons. The molecule has 1 aliphatic rings. The van der Waals surface area contributed by atoms with Crippen LogP contribution in [0.2, 0.25) is 0 Å². The standard InChI is InChI=1S/C16H14F5N3/c17-12-6-11(7-13(18)8-12)5-10-2-4-24(9-10)14-1-3-22-15(23-14)16(19,20)21/h1,3,6-8,10H,2,4-5,9H2. The molecule has 1 aromatic heterocycles. The van der Waals surface area contributed by atoms with Crippen LogP contribution in [-0.2, 0) is 12.6 Å². The Balaban J connectivity index is 1.69. The van der Waals surface area contributed by atoms with Crippen molar-refractivity contribution in [3.05, 3.63) is 53.5 Å². The van der Waals surface area contributed by atoms with Crippen molar-refractivity contribution in [2.75, 3.05) is 18.0 Å². The smallest absolute Gasteiger partial charge is 0.356 e. The topological polar surface area (TPSA) is 29.0 Å². The summed E-state index contributed by atoms with van der Waals surface area (Å²) in [4.78, 5) is 8.54. The summed E-state index contributed by atoms with van der Waals surface area (Å²) < 4.78 is 64.5. The van der Waals surface area contributed by atoms with Gasteiger partial charge in [-0.2, -0.15) is 13.2 Å². The first kappa shape index (κ1) is 16.6. The van der Waals surface area contributed by atoms with E-state index in [0.717, 1.165) is 12.3 Å². The van der Waals surface area contributed by atoms with Gasteiger partial charge in [0.25, 0.3) is 0 Å². The molecule has 2 heterocycles. The van der Waals surface area contributed by atoms with Crippen molar-refractivity contribution in [3.63, 3.8) is 0 Å². The van der Waals surface area contributed by atoms with E-state index < -0.39 is 23.6 Å². The van der Waals surface area contributed by atoms with Gasteiger partial charge in [0.1, 0.15) is 17.5 Å². The van der Waals surface area contributed by atoms with E-state index in [1.165, 1.54) is 18.2 Å². The monoisotopic (exact) mass is 343 g/mol. The molecule has 0 aliphatic carbocycles. The Labute approximate surface area is 135 Å². The summed E-state index contributed by atoms with van der Waals surface area (Å²) in [5, 5.41) is 0. The molecule has 1 aliphatic heterocycles. The average Bonchev–Trinajstić information content (AvgIpc) is 2.94. The van der Waals surface area contributed by atoms with Crippen LogP contribution in [0.4, 0.5) is 27.8 Å². The van der Waals surface area contributed by atoms with Gasteiger partial charge in [0.2, 0.25) is 5.82 Å². The number of nitrogens with zero attached hydrogens (tertiary/aromatic N) is 3. The van der Waals surface area contributed by atoms with Gasteiger partial charge in [0, 0.05) is 25.4 Å². The Bertz CT molecular complexity index is 712. The Morgan fingerprint density at radius 1 is 1.12 bits per heavy atom. The highest BCUT2D eigenvalue weighted by Gasteiger charge is 2.35. The number of rotatable bonds is 3. The molecule has 0 spiro atoms. The maximum Gasteiger partial charge on any atom is 0.451 e. The van der Waals surface area contributed by atoms with Gasteiger partial charge in [-0.3, -0.25) is 0 Å². The SMILES string of the molecule is Fc1cc(F)cc(CC2CCN(c3ccnc(C(F)(F)F)n3)C2)c1. The fraction of sp³-hybridized carbons (Fsp3) is 0.375. The molecule has 1 fully saturated rings. The maximum atomic E-state index is 13.2. The van der Waals surface area contributed by atoms with Gasteiger partial charge in [-0.15, -0.1) is 0 Å². The summed E-state index contributed by atoms with van der Waals surface area (Å²) in [6.45, 7) is 1.02. The largest absolute Gasteiger partial charge is 0.451 e. The van der Waals surface area contributed by atoms with E-state index in [2.05, 4.69) is 9.97 Å². The van der Waals surface area contributed by atoms with Gasteiger partial charge in [-0.1, -0.05) is 0 Å². The molecule has 3 nitrogen and oxygen atoms in total. The molecule has 2 aromatic rings. The molecule has 24 heavy (non-hydrogen) atoms. The Hall–Kier alpha value is -2.25. The number of anilines is 1. The molecule has 1 unspecified atom stereocenters. The van der Waals surface area contributed by atoms with Crippen LogP contribution < -0.4 is 4.90 Å². The number of aromatic nitrogens is 2. The van der Waals surface area contributed by atoms with E-state index in [1.807, 2.05) is 0 Å². The predicted octanol–water partition coefficient (Wildman–Crippen LogP) is 3.84. The van der Waals surface area contributed by atoms with Crippen LogP contribution in [-0.4, -0.2) is 23.1 Å². The fourth-order valence-electron chi connectivity index (χ4n) is 2.93. The number of benzene rings is 1. The zero-order chi connectivity index (χ0) is 17.3. The van der Waals surface area contributed by atoms with Crippen molar-refractivity contribution < 1.29 is 22.0 Å². The van der Waals surface area contributed by atoms with Crippen LogP contribution in [0.25, 0.3) is 0 Å². The minimum Gasteiger partial charge on any atom is -0.356 e. The summed E-state index contributed by atoms with van der Waals surface area (Å²) >= 11 is 0. The minimum atomic E-state index is -4.59. The summed E-state index contributed by atoms with van der Waals surface area (Å²) in [7, 11) is 0. The minimum absolute atomic E-state index is 0.0931. The molecule has 0 radical (unpaired) electrons. The van der Waals surface area contributed by atoms with Crippen molar-refractivity contribution in [2.24, 2.45) is 5.92 Å². The summed E-state index contributed by atoms with van der Waals surface area (Å²) in [5.74, 6) is -2.13. The summed E-state index contributed by atoms with van der Waals surface area (Å²) in [6, 6.07) is 4.79. The van der Waals surface area contributed by atoms with E-state index in [0.29, 0.717) is 31.5 Å². The molecule has 0 N–H and O–H groups in total. The lowest BCUT2D eigenvalue weighted by Crippen LogP contribution is -2.23. The highest BCUT2D eigenvalue weighted by atomic mass is 19.4. The second-order valence-corrected chi connectivity index (χ2v) is 5.82. The first-order valence-corrected chi connectivity index (χ1v) is 7.41. The number of halogens is 5. The molecule has 0 saturated carbocycles. The third-order valence-electron chi connectivity index (χ3n) is 3.95. The summed E-state index contributed by atoms with van der Waals surface area (Å²) in [5.41, 5.74) is 0.540. The second kappa shape index (κ2) is 6.33. The predicted molar refractivity (Wildman–Crippen MR) is 77.4 cm³/mol. The average molecular weight is 343 g/mol. The fourth-order valence-corrected chi connectivity index (χ4v) is 2.93. The first-order chi connectivity index (χ1) is 11.3. The Morgan fingerprint density at radius 2 is 1.83 bits per heavy atom. The van der Waals surface area contributed by atoms with E-state index in [4.69, 9.17) is 0 Å². The molecule has 3 rings (SSSR count). The van der Waals surface area contributed by atoms with E-state index in [9.17, 15) is 22.0 Å². The zero-order valence-electron chi connectivity index (χ0n) is 12.5. The van der Waals surface area contributed by atoms with E-state index in [1.54, 1.807) is 4.90 Å². The van der Waals surface area contributed by atoms with Crippen molar-refractivity contribution >= 4 is 5.82 Å². The van der Waals surface area contributed by atoms with Crippen LogP contribution in [0.5, 0.6) is 0 Å². The molecular weight excluding hydrogens is 329 g/mol. The molecule has 1 atom stereocenters. The van der Waals surface area contributed by atoms with Crippen LogP contribution in [0.3, 0.4) is 0 Å². The van der Waals surface area contributed by atoms with Gasteiger partial charge < -0.3 is 4.90 Å². The van der Waals surface area contributed by atoms with Crippen LogP contribution >= 0.6 is 0 Å². The Kier molecular flexibility index (Phi) is 4.38. The van der Waals surface area contributed by atoms with Crippen molar-refractivity contribution in [1.82, 2.24) is 9.97 Å².